The van der Waals surface area contributed by atoms with E-state index in [4.69, 9.17) is 12.2 Å². The second-order valence-electron chi connectivity index (χ2n) is 4.14. The average molecular weight is 233 g/mol. The van der Waals surface area contributed by atoms with Gasteiger partial charge in [0.15, 0.2) is 0 Å². The van der Waals surface area contributed by atoms with Crippen molar-refractivity contribution in [2.45, 2.75) is 12.8 Å². The molecule has 0 aliphatic heterocycles. The minimum absolute atomic E-state index is 0.380. The molecule has 0 radical (unpaired) electrons. The van der Waals surface area contributed by atoms with Gasteiger partial charge >= 0.3 is 0 Å². The van der Waals surface area contributed by atoms with Crippen LogP contribution in [0.25, 0.3) is 0 Å². The average Bonchev–Trinajstić information content (AvgIpc) is 2.29. The van der Waals surface area contributed by atoms with E-state index in [2.05, 4.69) is 30.8 Å². The molecule has 1 aromatic carbocycles. The van der Waals surface area contributed by atoms with Crippen LogP contribution in [0.3, 0.4) is 0 Å². The highest BCUT2D eigenvalue weighted by atomic mass is 32.1. The smallest absolute Gasteiger partial charge is 0.0811 e. The van der Waals surface area contributed by atoms with E-state index in [1.807, 2.05) is 31.1 Å². The number of benzene rings is 1. The van der Waals surface area contributed by atoms with E-state index < -0.39 is 0 Å². The molecule has 2 heteroatoms. The number of hydrogen-bond donors (Lipinski definition) is 0. The summed E-state index contributed by atoms with van der Waals surface area (Å²) in [5.41, 5.74) is 1.33. The highest BCUT2D eigenvalue weighted by Gasteiger charge is 2.15. The van der Waals surface area contributed by atoms with Crippen LogP contribution in [0.1, 0.15) is 12.0 Å². The summed E-state index contributed by atoms with van der Waals surface area (Å²) in [6.45, 7) is 3.81. The molecule has 1 rings (SSSR count). The van der Waals surface area contributed by atoms with Crippen molar-refractivity contribution >= 4 is 17.2 Å². The Labute approximate surface area is 104 Å². The van der Waals surface area contributed by atoms with E-state index in [1.165, 1.54) is 5.56 Å². The minimum atomic E-state index is 0.380. The van der Waals surface area contributed by atoms with Gasteiger partial charge in [-0.1, -0.05) is 48.6 Å². The summed E-state index contributed by atoms with van der Waals surface area (Å²) in [5.74, 6) is 0.380. The second-order valence-corrected chi connectivity index (χ2v) is 4.56. The van der Waals surface area contributed by atoms with Crippen molar-refractivity contribution in [2.75, 3.05) is 14.1 Å². The van der Waals surface area contributed by atoms with Crippen LogP contribution in [0.5, 0.6) is 0 Å². The minimum Gasteiger partial charge on any atom is -0.372 e. The molecule has 0 amide bonds. The third kappa shape index (κ3) is 3.78. The van der Waals surface area contributed by atoms with E-state index in [-0.39, 0.29) is 0 Å². The quantitative estimate of drug-likeness (QED) is 0.567. The summed E-state index contributed by atoms with van der Waals surface area (Å²) in [5, 5.41) is 0. The third-order valence-electron chi connectivity index (χ3n) is 2.57. The molecule has 0 spiro atoms. The van der Waals surface area contributed by atoms with Crippen molar-refractivity contribution in [1.82, 2.24) is 4.90 Å². The van der Waals surface area contributed by atoms with Gasteiger partial charge in [-0.2, -0.15) is 0 Å². The molecule has 0 fully saturated rings. The van der Waals surface area contributed by atoms with Gasteiger partial charge in [0.05, 0.1) is 4.99 Å². The van der Waals surface area contributed by atoms with Gasteiger partial charge in [-0.3, -0.25) is 0 Å². The summed E-state index contributed by atoms with van der Waals surface area (Å²) in [7, 11) is 4.01. The maximum absolute atomic E-state index is 5.44. The van der Waals surface area contributed by atoms with Crippen molar-refractivity contribution < 1.29 is 0 Å². The van der Waals surface area contributed by atoms with Crippen LogP contribution in [-0.4, -0.2) is 24.0 Å². The molecule has 86 valence electrons. The predicted octanol–water partition coefficient (Wildman–Crippen LogP) is 3.31. The van der Waals surface area contributed by atoms with Crippen LogP contribution in [0.4, 0.5) is 0 Å². The summed E-state index contributed by atoms with van der Waals surface area (Å²) in [6.07, 6.45) is 3.87. The van der Waals surface area contributed by atoms with Gasteiger partial charge in [-0.05, 0) is 18.4 Å². The lowest BCUT2D eigenvalue weighted by atomic mass is 9.95. The van der Waals surface area contributed by atoms with Crippen LogP contribution in [0, 0.1) is 5.92 Å². The molecular weight excluding hydrogens is 214 g/mol. The normalized spacial score (nSPS) is 11.9. The zero-order valence-electron chi connectivity index (χ0n) is 10.0. The van der Waals surface area contributed by atoms with E-state index >= 15 is 0 Å². The topological polar surface area (TPSA) is 3.24 Å². The number of allylic oxidation sites excluding steroid dienone is 1. The van der Waals surface area contributed by atoms with Crippen LogP contribution in [-0.2, 0) is 6.42 Å². The van der Waals surface area contributed by atoms with E-state index in [1.54, 1.807) is 0 Å². The third-order valence-corrected chi connectivity index (χ3v) is 3.26. The van der Waals surface area contributed by atoms with Crippen molar-refractivity contribution in [3.8, 4) is 0 Å². The van der Waals surface area contributed by atoms with Gasteiger partial charge in [0.25, 0.3) is 0 Å². The van der Waals surface area contributed by atoms with Crippen molar-refractivity contribution in [3.63, 3.8) is 0 Å². The van der Waals surface area contributed by atoms with Gasteiger partial charge < -0.3 is 4.90 Å². The molecule has 1 atom stereocenters. The predicted molar refractivity (Wildman–Crippen MR) is 74.7 cm³/mol. The molecule has 0 N–H and O–H groups in total. The Kier molecular flexibility index (Phi) is 5.20. The molecule has 0 aliphatic rings. The number of rotatable bonds is 5. The maximum Gasteiger partial charge on any atom is 0.0811 e. The second kappa shape index (κ2) is 6.44. The molecule has 0 aromatic heterocycles. The Bertz CT molecular complexity index is 343. The lowest BCUT2D eigenvalue weighted by molar-refractivity contribution is 0.557. The van der Waals surface area contributed by atoms with Crippen LogP contribution in [0.2, 0.25) is 0 Å². The van der Waals surface area contributed by atoms with E-state index in [0.29, 0.717) is 5.92 Å². The first-order chi connectivity index (χ1) is 7.65. The highest BCUT2D eigenvalue weighted by Crippen LogP contribution is 2.16. The van der Waals surface area contributed by atoms with Gasteiger partial charge in [-0.15, -0.1) is 6.58 Å². The molecule has 0 saturated heterocycles. The molecule has 1 nitrogen and oxygen atoms in total. The van der Waals surface area contributed by atoms with Crippen LogP contribution in [0.15, 0.2) is 43.0 Å². The molecular formula is C14H19NS. The van der Waals surface area contributed by atoms with Crippen molar-refractivity contribution in [1.29, 1.82) is 0 Å². The van der Waals surface area contributed by atoms with E-state index in [9.17, 15) is 0 Å². The molecule has 0 saturated carbocycles. The lowest BCUT2D eigenvalue weighted by Crippen LogP contribution is -2.28. The van der Waals surface area contributed by atoms with E-state index in [0.717, 1.165) is 17.8 Å². The first-order valence-corrected chi connectivity index (χ1v) is 5.92. The zero-order chi connectivity index (χ0) is 12.0. The molecule has 16 heavy (non-hydrogen) atoms. The highest BCUT2D eigenvalue weighted by molar-refractivity contribution is 7.80. The summed E-state index contributed by atoms with van der Waals surface area (Å²) < 4.78 is 0. The van der Waals surface area contributed by atoms with Gasteiger partial charge in [-0.25, -0.2) is 0 Å². The standard InChI is InChI=1S/C14H19NS/c1-4-8-13(14(16)15(2)3)11-12-9-6-5-7-10-12/h4-7,9-10,13H,1,8,11H2,2-3H3. The maximum atomic E-state index is 5.44. The van der Waals surface area contributed by atoms with Crippen LogP contribution < -0.4 is 0 Å². The van der Waals surface area contributed by atoms with Gasteiger partial charge in [0, 0.05) is 20.0 Å². The monoisotopic (exact) mass is 233 g/mol. The zero-order valence-corrected chi connectivity index (χ0v) is 10.8. The molecule has 0 aliphatic carbocycles. The fraction of sp³-hybridized carbons (Fsp3) is 0.357. The first-order valence-electron chi connectivity index (χ1n) is 5.51. The van der Waals surface area contributed by atoms with Gasteiger partial charge in [0.1, 0.15) is 0 Å². The summed E-state index contributed by atoms with van der Waals surface area (Å²) in [6, 6.07) is 10.5. The Balaban J connectivity index is 2.72. The lowest BCUT2D eigenvalue weighted by Gasteiger charge is -2.22. The van der Waals surface area contributed by atoms with Crippen molar-refractivity contribution in [3.05, 3.63) is 48.6 Å². The fourth-order valence-corrected chi connectivity index (χ4v) is 1.92. The summed E-state index contributed by atoms with van der Waals surface area (Å²) >= 11 is 5.44. The SMILES string of the molecule is C=CCC(Cc1ccccc1)C(=S)N(C)C. The number of thiocarbonyl (C=S) groups is 1. The molecule has 1 aromatic rings. The number of hydrogen-bond acceptors (Lipinski definition) is 1. The Morgan fingerprint density at radius 2 is 2.00 bits per heavy atom. The van der Waals surface area contributed by atoms with Crippen molar-refractivity contribution in [2.24, 2.45) is 5.92 Å². The fourth-order valence-electron chi connectivity index (χ4n) is 1.74. The molecule has 0 bridgehead atoms. The Hall–Kier alpha value is -1.15. The Morgan fingerprint density at radius 3 is 2.50 bits per heavy atom. The van der Waals surface area contributed by atoms with Gasteiger partial charge in [0.2, 0.25) is 0 Å². The number of nitrogens with zero attached hydrogens (tertiary/aromatic N) is 1. The Morgan fingerprint density at radius 1 is 1.38 bits per heavy atom. The summed E-state index contributed by atoms with van der Waals surface area (Å²) in [4.78, 5) is 3.02. The van der Waals surface area contributed by atoms with Crippen LogP contribution >= 0.6 is 12.2 Å². The largest absolute Gasteiger partial charge is 0.372 e. The first kappa shape index (κ1) is 12.9. The molecule has 1 unspecified atom stereocenters. The molecule has 0 heterocycles.